The standard InChI is InChI=1S/C15H20F3N5S/c1-10(11-4-5-24-9-11)6-20-14(19-2)21-7-12-8-23(3)22-13(12)15(16,17)18/h4-5,8-10H,6-7H2,1-3H3,(H2,19,20,21). The summed E-state index contributed by atoms with van der Waals surface area (Å²) in [7, 11) is 3.05. The molecule has 24 heavy (non-hydrogen) atoms. The maximum atomic E-state index is 12.9. The van der Waals surface area contributed by atoms with E-state index in [1.165, 1.54) is 18.8 Å². The van der Waals surface area contributed by atoms with Crippen LogP contribution >= 0.6 is 11.3 Å². The minimum Gasteiger partial charge on any atom is -0.356 e. The van der Waals surface area contributed by atoms with Crippen LogP contribution in [0.1, 0.15) is 29.7 Å². The number of halogens is 3. The maximum Gasteiger partial charge on any atom is 0.435 e. The van der Waals surface area contributed by atoms with E-state index in [0.29, 0.717) is 12.5 Å². The lowest BCUT2D eigenvalue weighted by Crippen LogP contribution is -2.38. The van der Waals surface area contributed by atoms with Crippen LogP contribution in [-0.4, -0.2) is 29.3 Å². The van der Waals surface area contributed by atoms with Crippen LogP contribution in [0, 0.1) is 0 Å². The van der Waals surface area contributed by atoms with Crippen molar-refractivity contribution in [1.29, 1.82) is 0 Å². The van der Waals surface area contributed by atoms with E-state index in [1.54, 1.807) is 18.4 Å². The molecule has 132 valence electrons. The fourth-order valence-corrected chi connectivity index (χ4v) is 3.01. The molecule has 0 spiro atoms. The molecule has 0 saturated heterocycles. The number of nitrogens with zero attached hydrogens (tertiary/aromatic N) is 3. The Balaban J connectivity index is 1.93. The van der Waals surface area contributed by atoms with Gasteiger partial charge in [0.15, 0.2) is 11.7 Å². The van der Waals surface area contributed by atoms with Crippen molar-refractivity contribution in [2.45, 2.75) is 25.6 Å². The van der Waals surface area contributed by atoms with Crippen molar-refractivity contribution in [3.63, 3.8) is 0 Å². The van der Waals surface area contributed by atoms with Gasteiger partial charge in [-0.2, -0.15) is 29.6 Å². The zero-order valence-corrected chi connectivity index (χ0v) is 14.5. The Bertz CT molecular complexity index is 676. The Labute approximate surface area is 142 Å². The Hall–Kier alpha value is -2.03. The number of aromatic nitrogens is 2. The number of guanidine groups is 1. The van der Waals surface area contributed by atoms with Gasteiger partial charge in [0.25, 0.3) is 0 Å². The summed E-state index contributed by atoms with van der Waals surface area (Å²) in [6.45, 7) is 2.70. The minimum atomic E-state index is -4.47. The number of nitrogens with one attached hydrogen (secondary N) is 2. The van der Waals surface area contributed by atoms with Gasteiger partial charge >= 0.3 is 6.18 Å². The Morgan fingerprint density at radius 3 is 2.75 bits per heavy atom. The average molecular weight is 359 g/mol. The molecule has 2 N–H and O–H groups in total. The maximum absolute atomic E-state index is 12.9. The Kier molecular flexibility index (Phi) is 5.87. The molecule has 1 atom stereocenters. The molecular weight excluding hydrogens is 339 g/mol. The molecule has 1 unspecified atom stereocenters. The van der Waals surface area contributed by atoms with Crippen LogP contribution in [0.15, 0.2) is 28.0 Å². The summed E-state index contributed by atoms with van der Waals surface area (Å²) >= 11 is 1.63. The highest BCUT2D eigenvalue weighted by atomic mass is 32.1. The van der Waals surface area contributed by atoms with Crippen LogP contribution in [0.25, 0.3) is 0 Å². The summed E-state index contributed by atoms with van der Waals surface area (Å²) < 4.78 is 40.0. The van der Waals surface area contributed by atoms with Gasteiger partial charge in [-0.05, 0) is 28.3 Å². The van der Waals surface area contributed by atoms with Crippen molar-refractivity contribution >= 4 is 17.3 Å². The van der Waals surface area contributed by atoms with Gasteiger partial charge in [-0.3, -0.25) is 9.67 Å². The molecule has 2 rings (SSSR count). The van der Waals surface area contributed by atoms with Crippen molar-refractivity contribution in [2.75, 3.05) is 13.6 Å². The molecule has 2 aromatic heterocycles. The van der Waals surface area contributed by atoms with Crippen LogP contribution in [0.4, 0.5) is 13.2 Å². The van der Waals surface area contributed by atoms with Crippen molar-refractivity contribution in [3.8, 4) is 0 Å². The zero-order chi connectivity index (χ0) is 17.7. The Morgan fingerprint density at radius 2 is 2.17 bits per heavy atom. The quantitative estimate of drug-likeness (QED) is 0.637. The van der Waals surface area contributed by atoms with Crippen LogP contribution in [-0.2, 0) is 19.8 Å². The SMILES string of the molecule is CN=C(NCc1cn(C)nc1C(F)(F)F)NCC(C)c1ccsc1. The highest BCUT2D eigenvalue weighted by Crippen LogP contribution is 2.30. The normalized spacial score (nSPS) is 13.8. The van der Waals surface area contributed by atoms with Gasteiger partial charge < -0.3 is 10.6 Å². The third-order valence-electron chi connectivity index (χ3n) is 3.53. The first-order valence-electron chi connectivity index (χ1n) is 7.37. The third-order valence-corrected chi connectivity index (χ3v) is 4.23. The third kappa shape index (κ3) is 4.73. The van der Waals surface area contributed by atoms with Gasteiger partial charge in [-0.25, -0.2) is 0 Å². The Morgan fingerprint density at radius 1 is 1.42 bits per heavy atom. The molecule has 0 aliphatic carbocycles. The van der Waals surface area contributed by atoms with E-state index in [1.807, 2.05) is 5.38 Å². The molecule has 0 bridgehead atoms. The van der Waals surface area contributed by atoms with Crippen molar-refractivity contribution < 1.29 is 13.2 Å². The van der Waals surface area contributed by atoms with Crippen LogP contribution in [0.2, 0.25) is 0 Å². The number of aliphatic imine (C=N–C) groups is 1. The van der Waals surface area contributed by atoms with Crippen LogP contribution in [0.3, 0.4) is 0 Å². The predicted octanol–water partition coefficient (Wildman–Crippen LogP) is 2.97. The number of rotatable bonds is 5. The fourth-order valence-electron chi connectivity index (χ4n) is 2.23. The monoisotopic (exact) mass is 359 g/mol. The van der Waals surface area contributed by atoms with E-state index in [-0.39, 0.29) is 18.0 Å². The predicted molar refractivity (Wildman–Crippen MR) is 89.1 cm³/mol. The lowest BCUT2D eigenvalue weighted by atomic mass is 10.1. The number of thiophene rings is 1. The van der Waals surface area contributed by atoms with Crippen molar-refractivity contribution in [1.82, 2.24) is 20.4 Å². The molecule has 0 saturated carbocycles. The van der Waals surface area contributed by atoms with E-state index in [2.05, 4.69) is 39.1 Å². The lowest BCUT2D eigenvalue weighted by Gasteiger charge is -2.15. The second-order valence-corrected chi connectivity index (χ2v) is 6.22. The largest absolute Gasteiger partial charge is 0.435 e. The van der Waals surface area contributed by atoms with Gasteiger partial charge in [0.05, 0.1) is 0 Å². The molecule has 5 nitrogen and oxygen atoms in total. The highest BCUT2D eigenvalue weighted by Gasteiger charge is 2.36. The van der Waals surface area contributed by atoms with Gasteiger partial charge in [0.2, 0.25) is 0 Å². The number of alkyl halides is 3. The number of hydrogen-bond acceptors (Lipinski definition) is 3. The second-order valence-electron chi connectivity index (χ2n) is 5.44. The summed E-state index contributed by atoms with van der Waals surface area (Å²) in [5.74, 6) is 0.730. The number of aryl methyl sites for hydroxylation is 1. The van der Waals surface area contributed by atoms with E-state index >= 15 is 0 Å². The summed E-state index contributed by atoms with van der Waals surface area (Å²) in [5.41, 5.74) is 0.424. The van der Waals surface area contributed by atoms with Crippen molar-refractivity contribution in [2.24, 2.45) is 12.0 Å². The summed E-state index contributed by atoms with van der Waals surface area (Å²) in [6.07, 6.45) is -3.11. The first kappa shape index (κ1) is 18.3. The topological polar surface area (TPSA) is 54.2 Å². The average Bonchev–Trinajstić information content (AvgIpc) is 3.16. The van der Waals surface area contributed by atoms with Gasteiger partial charge in [-0.1, -0.05) is 6.92 Å². The molecule has 2 aromatic rings. The lowest BCUT2D eigenvalue weighted by molar-refractivity contribution is -0.142. The molecule has 2 heterocycles. The molecule has 0 aliphatic heterocycles. The van der Waals surface area contributed by atoms with E-state index in [0.717, 1.165) is 4.68 Å². The first-order chi connectivity index (χ1) is 11.3. The molecule has 9 heteroatoms. The first-order valence-corrected chi connectivity index (χ1v) is 8.32. The van der Waals surface area contributed by atoms with Crippen LogP contribution in [0.5, 0.6) is 0 Å². The summed E-state index contributed by atoms with van der Waals surface area (Å²) in [6, 6.07) is 2.05. The molecule has 0 amide bonds. The second kappa shape index (κ2) is 7.69. The van der Waals surface area contributed by atoms with E-state index in [4.69, 9.17) is 0 Å². The highest BCUT2D eigenvalue weighted by molar-refractivity contribution is 7.07. The van der Waals surface area contributed by atoms with Gasteiger partial charge in [-0.15, -0.1) is 0 Å². The van der Waals surface area contributed by atoms with Crippen LogP contribution < -0.4 is 10.6 Å². The molecule has 0 aromatic carbocycles. The minimum absolute atomic E-state index is 0.00477. The zero-order valence-electron chi connectivity index (χ0n) is 13.7. The number of hydrogen-bond donors (Lipinski definition) is 2. The molecule has 0 fully saturated rings. The van der Waals surface area contributed by atoms with Gasteiger partial charge in [0, 0.05) is 38.9 Å². The van der Waals surface area contributed by atoms with E-state index < -0.39 is 11.9 Å². The molecule has 0 aliphatic rings. The fraction of sp³-hybridized carbons (Fsp3) is 0.467. The van der Waals surface area contributed by atoms with Crippen molar-refractivity contribution in [3.05, 3.63) is 39.8 Å². The summed E-state index contributed by atoms with van der Waals surface area (Å²) in [5, 5.41) is 13.6. The molecular formula is C15H20F3N5S. The van der Waals surface area contributed by atoms with Gasteiger partial charge in [0.1, 0.15) is 0 Å². The molecule has 0 radical (unpaired) electrons. The van der Waals surface area contributed by atoms with E-state index in [9.17, 15) is 13.2 Å². The smallest absolute Gasteiger partial charge is 0.356 e. The summed E-state index contributed by atoms with van der Waals surface area (Å²) in [4.78, 5) is 4.04.